The van der Waals surface area contributed by atoms with Crippen LogP contribution in [0.15, 0.2) is 46.8 Å². The fraction of sp³-hybridized carbons (Fsp3) is 0.316. The number of alkyl halides is 3. The highest BCUT2D eigenvalue weighted by molar-refractivity contribution is 14.0. The second-order valence-corrected chi connectivity index (χ2v) is 6.58. The number of nitrogens with one attached hydrogen (secondary N) is 2. The highest BCUT2D eigenvalue weighted by Crippen LogP contribution is 2.29. The number of thiophene rings is 1. The molecule has 2 rings (SSSR count). The lowest BCUT2D eigenvalue weighted by molar-refractivity contribution is -0.137. The van der Waals surface area contributed by atoms with E-state index in [1.54, 1.807) is 24.5 Å². The fourth-order valence-electron chi connectivity index (χ4n) is 2.19. The normalized spacial score (nSPS) is 12.4. The van der Waals surface area contributed by atoms with Crippen LogP contribution in [0.2, 0.25) is 0 Å². The summed E-state index contributed by atoms with van der Waals surface area (Å²) < 4.78 is 38.0. The monoisotopic (exact) mass is 507 g/mol. The van der Waals surface area contributed by atoms with Crippen molar-refractivity contribution in [2.24, 2.45) is 4.99 Å². The third-order valence-electron chi connectivity index (χ3n) is 3.60. The van der Waals surface area contributed by atoms with Crippen molar-refractivity contribution in [3.8, 4) is 11.8 Å². The second-order valence-electron chi connectivity index (χ2n) is 5.60. The van der Waals surface area contributed by atoms with Gasteiger partial charge in [0.2, 0.25) is 0 Å². The molecule has 0 amide bonds. The van der Waals surface area contributed by atoms with Crippen molar-refractivity contribution >= 4 is 41.3 Å². The number of guanidine groups is 1. The maximum absolute atomic E-state index is 12.7. The molecule has 2 N–H and O–H groups in total. The molecule has 0 saturated heterocycles. The third kappa shape index (κ3) is 7.81. The molecule has 0 aliphatic heterocycles. The Morgan fingerprint density at radius 2 is 2.00 bits per heavy atom. The number of hydrogen-bond acceptors (Lipinski definition) is 2. The zero-order valence-corrected chi connectivity index (χ0v) is 18.1. The molecule has 1 heterocycles. The van der Waals surface area contributed by atoms with Gasteiger partial charge in [0.25, 0.3) is 0 Å². The van der Waals surface area contributed by atoms with Gasteiger partial charge in [-0.15, -0.1) is 35.3 Å². The van der Waals surface area contributed by atoms with Gasteiger partial charge in [-0.3, -0.25) is 4.99 Å². The van der Waals surface area contributed by atoms with Crippen LogP contribution in [0.4, 0.5) is 13.2 Å². The number of hydrogen-bond donors (Lipinski definition) is 2. The second kappa shape index (κ2) is 11.2. The number of nitrogens with zero attached hydrogens (tertiary/aromatic N) is 1. The van der Waals surface area contributed by atoms with E-state index in [0.29, 0.717) is 17.4 Å². The van der Waals surface area contributed by atoms with E-state index in [1.807, 2.05) is 11.4 Å². The van der Waals surface area contributed by atoms with Gasteiger partial charge >= 0.3 is 6.18 Å². The van der Waals surface area contributed by atoms with E-state index >= 15 is 0 Å². The topological polar surface area (TPSA) is 36.4 Å². The highest BCUT2D eigenvalue weighted by atomic mass is 127. The minimum Gasteiger partial charge on any atom is -0.356 e. The maximum atomic E-state index is 12.7. The van der Waals surface area contributed by atoms with Crippen LogP contribution in [-0.2, 0) is 6.18 Å². The third-order valence-corrected chi connectivity index (χ3v) is 4.70. The predicted octanol–water partition coefficient (Wildman–Crippen LogP) is 4.71. The lowest BCUT2D eigenvalue weighted by Gasteiger charge is -2.14. The molecule has 0 spiro atoms. The van der Waals surface area contributed by atoms with Crippen LogP contribution < -0.4 is 10.6 Å². The Balaban J connectivity index is 0.00000364. The number of benzene rings is 1. The van der Waals surface area contributed by atoms with Crippen LogP contribution in [0.1, 0.15) is 28.8 Å². The zero-order valence-electron chi connectivity index (χ0n) is 14.9. The number of halogens is 4. The molecule has 0 aliphatic rings. The molecular formula is C19H21F3IN3S. The Kier molecular flexibility index (Phi) is 9.66. The van der Waals surface area contributed by atoms with Gasteiger partial charge in [0.05, 0.1) is 12.1 Å². The van der Waals surface area contributed by atoms with Crippen molar-refractivity contribution in [2.75, 3.05) is 20.1 Å². The zero-order chi connectivity index (χ0) is 19.0. The molecule has 0 radical (unpaired) electrons. The van der Waals surface area contributed by atoms with E-state index in [2.05, 4.69) is 40.5 Å². The molecule has 0 fully saturated rings. The lowest BCUT2D eigenvalue weighted by Crippen LogP contribution is -2.39. The lowest BCUT2D eigenvalue weighted by atomic mass is 10.1. The molecule has 1 aromatic heterocycles. The van der Waals surface area contributed by atoms with Crippen LogP contribution in [0.25, 0.3) is 0 Å². The summed E-state index contributed by atoms with van der Waals surface area (Å²) in [6, 6.07) is 9.10. The first kappa shape index (κ1) is 23.3. The quantitative estimate of drug-likeness (QED) is 0.273. The summed E-state index contributed by atoms with van der Waals surface area (Å²) in [7, 11) is 1.66. The first-order valence-electron chi connectivity index (χ1n) is 8.04. The molecule has 27 heavy (non-hydrogen) atoms. The minimum absolute atomic E-state index is 0. The summed E-state index contributed by atoms with van der Waals surface area (Å²) in [6.07, 6.45) is -4.36. The number of aliphatic imine (C=N–C) groups is 1. The molecule has 1 atom stereocenters. The van der Waals surface area contributed by atoms with Gasteiger partial charge in [-0.1, -0.05) is 30.9 Å². The minimum atomic E-state index is -4.36. The van der Waals surface area contributed by atoms with Crippen LogP contribution in [0.5, 0.6) is 0 Å². The molecule has 1 aromatic carbocycles. The van der Waals surface area contributed by atoms with E-state index in [-0.39, 0.29) is 30.5 Å². The molecular weight excluding hydrogens is 486 g/mol. The van der Waals surface area contributed by atoms with E-state index < -0.39 is 11.7 Å². The summed E-state index contributed by atoms with van der Waals surface area (Å²) in [4.78, 5) is 5.40. The van der Waals surface area contributed by atoms with Gasteiger partial charge in [0, 0.05) is 30.0 Å². The Hall–Kier alpha value is -1.73. The van der Waals surface area contributed by atoms with Crippen molar-refractivity contribution in [1.29, 1.82) is 0 Å². The van der Waals surface area contributed by atoms with Gasteiger partial charge in [-0.25, -0.2) is 0 Å². The van der Waals surface area contributed by atoms with Crippen LogP contribution in [0.3, 0.4) is 0 Å². The van der Waals surface area contributed by atoms with Gasteiger partial charge in [-0.05, 0) is 29.6 Å². The van der Waals surface area contributed by atoms with Crippen molar-refractivity contribution < 1.29 is 13.2 Å². The van der Waals surface area contributed by atoms with E-state index in [9.17, 15) is 13.2 Å². The Bertz CT molecular complexity index is 793. The Morgan fingerprint density at radius 1 is 1.22 bits per heavy atom. The summed E-state index contributed by atoms with van der Waals surface area (Å²) in [5, 5.41) is 8.29. The van der Waals surface area contributed by atoms with Gasteiger partial charge < -0.3 is 10.6 Å². The summed E-state index contributed by atoms with van der Waals surface area (Å²) in [6.45, 7) is 3.13. The molecule has 2 aromatic rings. The standard InChI is InChI=1S/C19H20F3N3S.HI/c1-14(17-9-5-11-26-17)13-25-18(23-2)24-10-4-7-15-6-3-8-16(12-15)19(20,21)22;/h3,5-6,8-9,11-12,14H,10,13H2,1-2H3,(H2,23,24,25);1H. The molecule has 0 saturated carbocycles. The molecule has 8 heteroatoms. The van der Waals surface area contributed by atoms with E-state index in [4.69, 9.17) is 0 Å². The number of rotatable bonds is 4. The average molecular weight is 507 g/mol. The van der Waals surface area contributed by atoms with Gasteiger partial charge in [0.1, 0.15) is 0 Å². The van der Waals surface area contributed by atoms with Gasteiger partial charge in [-0.2, -0.15) is 13.2 Å². The van der Waals surface area contributed by atoms with Crippen LogP contribution in [-0.4, -0.2) is 26.1 Å². The smallest absolute Gasteiger partial charge is 0.356 e. The van der Waals surface area contributed by atoms with Crippen molar-refractivity contribution in [1.82, 2.24) is 10.6 Å². The summed E-state index contributed by atoms with van der Waals surface area (Å²) in [5.41, 5.74) is -0.367. The van der Waals surface area contributed by atoms with E-state index in [0.717, 1.165) is 18.7 Å². The first-order chi connectivity index (χ1) is 12.4. The predicted molar refractivity (Wildman–Crippen MR) is 116 cm³/mol. The van der Waals surface area contributed by atoms with Crippen molar-refractivity contribution in [3.05, 3.63) is 57.8 Å². The molecule has 1 unspecified atom stereocenters. The Morgan fingerprint density at radius 3 is 2.63 bits per heavy atom. The first-order valence-corrected chi connectivity index (χ1v) is 8.92. The summed E-state index contributed by atoms with van der Waals surface area (Å²) >= 11 is 1.71. The van der Waals surface area contributed by atoms with Crippen molar-refractivity contribution in [3.63, 3.8) is 0 Å². The SMILES string of the molecule is CN=C(NCC#Cc1cccc(C(F)(F)F)c1)NCC(C)c1cccs1.I. The molecule has 0 bridgehead atoms. The van der Waals surface area contributed by atoms with Gasteiger partial charge in [0.15, 0.2) is 5.96 Å². The molecule has 0 aliphatic carbocycles. The maximum Gasteiger partial charge on any atom is 0.416 e. The van der Waals surface area contributed by atoms with E-state index in [1.165, 1.54) is 10.9 Å². The highest BCUT2D eigenvalue weighted by Gasteiger charge is 2.30. The van der Waals surface area contributed by atoms with Crippen molar-refractivity contribution in [2.45, 2.75) is 19.0 Å². The summed E-state index contributed by atoms with van der Waals surface area (Å²) in [5.74, 6) is 6.50. The van der Waals surface area contributed by atoms with Crippen LogP contribution >= 0.6 is 35.3 Å². The average Bonchev–Trinajstić information content (AvgIpc) is 3.15. The largest absolute Gasteiger partial charge is 0.416 e. The fourth-order valence-corrected chi connectivity index (χ4v) is 2.98. The molecule has 3 nitrogen and oxygen atoms in total. The van der Waals surface area contributed by atoms with Crippen LogP contribution in [0, 0.1) is 11.8 Å². The molecule has 146 valence electrons. The Labute approximate surface area is 178 Å².